The first-order valence-electron chi connectivity index (χ1n) is 7.70. The third kappa shape index (κ3) is 3.33. The van der Waals surface area contributed by atoms with Gasteiger partial charge in [-0.2, -0.15) is 0 Å². The number of aliphatic hydroxyl groups is 1. The molecule has 1 saturated heterocycles. The minimum absolute atomic E-state index is 0.0301. The van der Waals surface area contributed by atoms with Crippen molar-refractivity contribution in [1.29, 1.82) is 0 Å². The fourth-order valence-corrected chi connectivity index (χ4v) is 2.45. The Labute approximate surface area is 142 Å². The van der Waals surface area contributed by atoms with E-state index in [9.17, 15) is 15.0 Å². The quantitative estimate of drug-likeness (QED) is 0.805. The second-order valence-electron chi connectivity index (χ2n) is 6.70. The number of carboxylic acid groups (broad SMARTS) is 1. The monoisotopic (exact) mass is 334 g/mol. The average Bonchev–Trinajstić information content (AvgIpc) is 2.72. The van der Waals surface area contributed by atoms with Crippen molar-refractivity contribution in [2.24, 2.45) is 0 Å². The van der Waals surface area contributed by atoms with Crippen molar-refractivity contribution in [2.45, 2.75) is 38.9 Å². The summed E-state index contributed by atoms with van der Waals surface area (Å²) in [7, 11) is 0.670. The molecule has 0 aliphatic carbocycles. The number of hydrogen-bond donors (Lipinski definition) is 2. The molecule has 0 aromatic heterocycles. The zero-order valence-corrected chi connectivity index (χ0v) is 14.6. The summed E-state index contributed by atoms with van der Waals surface area (Å²) in [4.78, 5) is 11.6. The molecular weight excluding hydrogens is 311 g/mol. The van der Waals surface area contributed by atoms with Gasteiger partial charge in [0.05, 0.1) is 24.9 Å². The highest BCUT2D eigenvalue weighted by atomic mass is 16.7. The highest BCUT2D eigenvalue weighted by Gasteiger charge is 2.52. The number of benzene rings is 1. The molecule has 2 rings (SSSR count). The summed E-state index contributed by atoms with van der Waals surface area (Å²) in [5.74, 6) is -0.854. The number of aromatic carboxylic acids is 1. The summed E-state index contributed by atoms with van der Waals surface area (Å²) < 4.78 is 17.0. The van der Waals surface area contributed by atoms with Gasteiger partial charge < -0.3 is 24.3 Å². The Morgan fingerprint density at radius 2 is 1.83 bits per heavy atom. The minimum atomic E-state index is -1.11. The fourth-order valence-electron chi connectivity index (χ4n) is 2.45. The first kappa shape index (κ1) is 18.5. The molecule has 0 amide bonds. The second-order valence-corrected chi connectivity index (χ2v) is 6.70. The summed E-state index contributed by atoms with van der Waals surface area (Å²) in [6, 6.07) is 4.91. The van der Waals surface area contributed by atoms with Gasteiger partial charge >= 0.3 is 13.1 Å². The van der Waals surface area contributed by atoms with Gasteiger partial charge in [-0.15, -0.1) is 0 Å². The first-order valence-corrected chi connectivity index (χ1v) is 7.70. The molecule has 1 aromatic rings. The second kappa shape index (κ2) is 6.59. The molecule has 0 bridgehead atoms. The summed E-state index contributed by atoms with van der Waals surface area (Å²) >= 11 is 0. The number of rotatable bonds is 5. The molecule has 24 heavy (non-hydrogen) atoms. The zero-order chi connectivity index (χ0) is 18.1. The third-order valence-electron chi connectivity index (χ3n) is 4.57. The van der Waals surface area contributed by atoms with Crippen molar-refractivity contribution in [3.63, 3.8) is 0 Å². The molecule has 1 aliphatic heterocycles. The van der Waals surface area contributed by atoms with E-state index in [0.29, 0.717) is 11.0 Å². The number of carbonyl (C=O) groups is 1. The van der Waals surface area contributed by atoms with Crippen molar-refractivity contribution in [1.82, 2.24) is 0 Å². The number of ether oxygens (including phenoxy) is 1. The molecule has 0 radical (unpaired) electrons. The Morgan fingerprint density at radius 1 is 1.25 bits per heavy atom. The van der Waals surface area contributed by atoms with Crippen molar-refractivity contribution in [3.8, 4) is 5.75 Å². The number of aliphatic hydroxyl groups excluding tert-OH is 1. The van der Waals surface area contributed by atoms with Gasteiger partial charge in [-0.3, -0.25) is 0 Å². The Kier molecular flexibility index (Phi) is 5.08. The lowest BCUT2D eigenvalue weighted by Gasteiger charge is -2.32. The van der Waals surface area contributed by atoms with E-state index < -0.39 is 24.3 Å². The van der Waals surface area contributed by atoms with Gasteiger partial charge in [0.2, 0.25) is 0 Å². The SMILES string of the molecule is COc1cccc(C=C(CO)B2OC(C)(C)C(C)(C)O2)c1C(=O)O. The molecule has 1 aromatic carbocycles. The summed E-state index contributed by atoms with van der Waals surface area (Å²) in [5.41, 5.74) is -0.196. The van der Waals surface area contributed by atoms with Crippen LogP contribution in [0.4, 0.5) is 0 Å². The smallest absolute Gasteiger partial charge is 0.492 e. The molecule has 1 aliphatic rings. The Bertz CT molecular complexity index is 649. The van der Waals surface area contributed by atoms with Gasteiger partial charge in [-0.25, -0.2) is 4.79 Å². The van der Waals surface area contributed by atoms with E-state index in [1.54, 1.807) is 24.3 Å². The molecule has 0 saturated carbocycles. The van der Waals surface area contributed by atoms with Crippen LogP contribution in [0.15, 0.2) is 23.7 Å². The molecule has 0 spiro atoms. The van der Waals surface area contributed by atoms with Crippen LogP contribution in [-0.2, 0) is 9.31 Å². The van der Waals surface area contributed by atoms with Crippen LogP contribution >= 0.6 is 0 Å². The maximum absolute atomic E-state index is 11.6. The fraction of sp³-hybridized carbons (Fsp3) is 0.471. The lowest BCUT2D eigenvalue weighted by molar-refractivity contribution is 0.00578. The van der Waals surface area contributed by atoms with Crippen LogP contribution in [0.3, 0.4) is 0 Å². The van der Waals surface area contributed by atoms with E-state index in [2.05, 4.69) is 0 Å². The number of methoxy groups -OCH3 is 1. The maximum Gasteiger partial charge on any atom is 0.492 e. The van der Waals surface area contributed by atoms with Gasteiger partial charge in [-0.05, 0) is 44.8 Å². The molecule has 2 N–H and O–H groups in total. The molecule has 7 heteroatoms. The van der Waals surface area contributed by atoms with Gasteiger partial charge in [0.1, 0.15) is 11.3 Å². The predicted octanol–water partition coefficient (Wildman–Crippen LogP) is 2.40. The Morgan fingerprint density at radius 3 is 2.29 bits per heavy atom. The Hall–Kier alpha value is -1.83. The summed E-state index contributed by atoms with van der Waals surface area (Å²) in [6.45, 7) is 7.34. The first-order chi connectivity index (χ1) is 11.1. The van der Waals surface area contributed by atoms with Gasteiger partial charge in [-0.1, -0.05) is 18.2 Å². The van der Waals surface area contributed by atoms with Crippen LogP contribution in [0, 0.1) is 0 Å². The van der Waals surface area contributed by atoms with Crippen molar-refractivity contribution in [3.05, 3.63) is 34.8 Å². The van der Waals surface area contributed by atoms with Crippen LogP contribution < -0.4 is 4.74 Å². The molecule has 6 nitrogen and oxygen atoms in total. The van der Waals surface area contributed by atoms with E-state index >= 15 is 0 Å². The molecule has 0 atom stereocenters. The molecule has 0 unspecified atom stereocenters. The molecule has 130 valence electrons. The lowest BCUT2D eigenvalue weighted by atomic mass is 9.77. The van der Waals surface area contributed by atoms with Crippen LogP contribution in [0.5, 0.6) is 5.75 Å². The standard InChI is InChI=1S/C17H23BO6/c1-16(2)17(3,4)24-18(23-16)12(10-19)9-11-7-6-8-13(22-5)14(11)15(20)21/h6-9,19H,10H2,1-5H3,(H,20,21). The van der Waals surface area contributed by atoms with Gasteiger partial charge in [0.15, 0.2) is 0 Å². The zero-order valence-electron chi connectivity index (χ0n) is 14.6. The number of carboxylic acids is 1. The maximum atomic E-state index is 11.6. The van der Waals surface area contributed by atoms with Crippen LogP contribution in [-0.4, -0.2) is 48.2 Å². The van der Waals surface area contributed by atoms with Crippen molar-refractivity contribution < 1.29 is 29.1 Å². The highest BCUT2D eigenvalue weighted by Crippen LogP contribution is 2.39. The molecule has 1 heterocycles. The van der Waals surface area contributed by atoms with E-state index in [4.69, 9.17) is 14.0 Å². The molecular formula is C17H23BO6. The van der Waals surface area contributed by atoms with Gasteiger partial charge in [0.25, 0.3) is 0 Å². The van der Waals surface area contributed by atoms with Crippen molar-refractivity contribution in [2.75, 3.05) is 13.7 Å². The highest BCUT2D eigenvalue weighted by molar-refractivity contribution is 6.55. The predicted molar refractivity (Wildman–Crippen MR) is 91.1 cm³/mol. The van der Waals surface area contributed by atoms with E-state index in [1.807, 2.05) is 27.7 Å². The van der Waals surface area contributed by atoms with Gasteiger partial charge in [0, 0.05) is 0 Å². The third-order valence-corrected chi connectivity index (χ3v) is 4.57. The van der Waals surface area contributed by atoms with E-state index in [1.165, 1.54) is 7.11 Å². The van der Waals surface area contributed by atoms with Crippen LogP contribution in [0.2, 0.25) is 0 Å². The largest absolute Gasteiger partial charge is 0.496 e. The van der Waals surface area contributed by atoms with Crippen LogP contribution in [0.25, 0.3) is 6.08 Å². The lowest BCUT2D eigenvalue weighted by Crippen LogP contribution is -2.41. The van der Waals surface area contributed by atoms with Crippen molar-refractivity contribution >= 4 is 19.2 Å². The topological polar surface area (TPSA) is 85.2 Å². The normalized spacial score (nSPS) is 19.4. The Balaban J connectivity index is 2.45. The summed E-state index contributed by atoms with van der Waals surface area (Å²) in [6.07, 6.45) is 1.58. The number of hydrogen-bond acceptors (Lipinski definition) is 5. The van der Waals surface area contributed by atoms with Crippen LogP contribution in [0.1, 0.15) is 43.6 Å². The summed E-state index contributed by atoms with van der Waals surface area (Å²) in [5, 5.41) is 19.2. The average molecular weight is 334 g/mol. The van der Waals surface area contributed by atoms with E-state index in [0.717, 1.165) is 0 Å². The van der Waals surface area contributed by atoms with E-state index in [-0.39, 0.29) is 17.9 Å². The minimum Gasteiger partial charge on any atom is -0.496 e. The molecule has 1 fully saturated rings.